The number of methoxy groups -OCH3 is 1. The van der Waals surface area contributed by atoms with Crippen molar-refractivity contribution in [2.75, 3.05) is 20.3 Å². The molecule has 19 heavy (non-hydrogen) atoms. The van der Waals surface area contributed by atoms with E-state index in [1.54, 1.807) is 0 Å². The number of benzene rings is 1. The van der Waals surface area contributed by atoms with Crippen LogP contribution in [0.2, 0.25) is 0 Å². The zero-order valence-electron chi connectivity index (χ0n) is 10.1. The molecular weight excluding hydrogens is 267 g/mol. The number of hydrogen-bond acceptors (Lipinski definition) is 4. The maximum Gasteiger partial charge on any atom is 0.416 e. The summed E-state index contributed by atoms with van der Waals surface area (Å²) in [6, 6.07) is 2.16. The van der Waals surface area contributed by atoms with Gasteiger partial charge in [0.05, 0.1) is 17.1 Å². The standard InChI is InChI=1S/C11H12F3NO4/c1-18-5-2-6-19-10-4-3-8(11(12,13)14)7-9(10)15(16)17/h3-4,7H,2,5-6H2,1H3. The van der Waals surface area contributed by atoms with E-state index in [1.165, 1.54) is 7.11 Å². The lowest BCUT2D eigenvalue weighted by Crippen LogP contribution is -2.07. The van der Waals surface area contributed by atoms with Crippen molar-refractivity contribution in [3.05, 3.63) is 33.9 Å². The molecule has 0 amide bonds. The number of nitro benzene ring substituents is 1. The predicted octanol–water partition coefficient (Wildman–Crippen LogP) is 3.03. The summed E-state index contributed by atoms with van der Waals surface area (Å²) < 4.78 is 47.1. The fraction of sp³-hybridized carbons (Fsp3) is 0.455. The lowest BCUT2D eigenvalue weighted by Gasteiger charge is -2.10. The van der Waals surface area contributed by atoms with Crippen LogP contribution in [0.5, 0.6) is 5.75 Å². The van der Waals surface area contributed by atoms with Gasteiger partial charge in [0, 0.05) is 26.2 Å². The van der Waals surface area contributed by atoms with Crippen LogP contribution < -0.4 is 4.74 Å². The molecular formula is C11H12F3NO4. The molecule has 0 N–H and O–H groups in total. The van der Waals surface area contributed by atoms with Gasteiger partial charge in [-0.25, -0.2) is 0 Å². The first-order chi connectivity index (χ1) is 8.86. The highest BCUT2D eigenvalue weighted by Gasteiger charge is 2.33. The van der Waals surface area contributed by atoms with E-state index >= 15 is 0 Å². The topological polar surface area (TPSA) is 61.6 Å². The summed E-state index contributed by atoms with van der Waals surface area (Å²) in [6.45, 7) is 0.522. The van der Waals surface area contributed by atoms with Crippen molar-refractivity contribution in [1.29, 1.82) is 0 Å². The summed E-state index contributed by atoms with van der Waals surface area (Å²) in [6.07, 6.45) is -4.14. The van der Waals surface area contributed by atoms with Crippen LogP contribution in [0.25, 0.3) is 0 Å². The molecule has 0 saturated carbocycles. The monoisotopic (exact) mass is 279 g/mol. The molecule has 0 spiro atoms. The van der Waals surface area contributed by atoms with Crippen LogP contribution in [0, 0.1) is 10.1 Å². The number of alkyl halides is 3. The van der Waals surface area contributed by atoms with Crippen molar-refractivity contribution in [2.45, 2.75) is 12.6 Å². The third-order valence-electron chi connectivity index (χ3n) is 2.23. The van der Waals surface area contributed by atoms with Crippen molar-refractivity contribution < 1.29 is 27.6 Å². The Hall–Kier alpha value is -1.83. The summed E-state index contributed by atoms with van der Waals surface area (Å²) in [7, 11) is 1.49. The second-order valence-corrected chi connectivity index (χ2v) is 3.63. The number of rotatable bonds is 6. The van der Waals surface area contributed by atoms with E-state index in [9.17, 15) is 23.3 Å². The van der Waals surface area contributed by atoms with E-state index in [2.05, 4.69) is 0 Å². The molecule has 1 aromatic carbocycles. The van der Waals surface area contributed by atoms with Crippen molar-refractivity contribution in [3.63, 3.8) is 0 Å². The molecule has 0 aliphatic heterocycles. The fourth-order valence-corrected chi connectivity index (χ4v) is 1.34. The van der Waals surface area contributed by atoms with Crippen LogP contribution in [0.15, 0.2) is 18.2 Å². The Morgan fingerprint density at radius 3 is 2.53 bits per heavy atom. The van der Waals surface area contributed by atoms with Gasteiger partial charge >= 0.3 is 11.9 Å². The molecule has 8 heteroatoms. The highest BCUT2D eigenvalue weighted by atomic mass is 19.4. The van der Waals surface area contributed by atoms with Gasteiger partial charge in [-0.15, -0.1) is 0 Å². The SMILES string of the molecule is COCCCOc1ccc(C(F)(F)F)cc1[N+](=O)[O-]. The Kier molecular flexibility index (Phi) is 5.11. The van der Waals surface area contributed by atoms with E-state index in [-0.39, 0.29) is 12.4 Å². The molecule has 5 nitrogen and oxygen atoms in total. The molecule has 1 aromatic rings. The zero-order chi connectivity index (χ0) is 14.5. The fourth-order valence-electron chi connectivity index (χ4n) is 1.34. The first-order valence-corrected chi connectivity index (χ1v) is 5.33. The number of nitro groups is 1. The van der Waals surface area contributed by atoms with Crippen LogP contribution in [0.3, 0.4) is 0 Å². The first kappa shape index (κ1) is 15.2. The van der Waals surface area contributed by atoms with Gasteiger partial charge in [0.25, 0.3) is 0 Å². The summed E-state index contributed by atoms with van der Waals surface area (Å²) >= 11 is 0. The van der Waals surface area contributed by atoms with Gasteiger partial charge in [0.1, 0.15) is 0 Å². The quantitative estimate of drug-likeness (QED) is 0.456. The molecule has 0 heterocycles. The Morgan fingerprint density at radius 1 is 1.32 bits per heavy atom. The lowest BCUT2D eigenvalue weighted by molar-refractivity contribution is -0.386. The van der Waals surface area contributed by atoms with Gasteiger partial charge in [0.2, 0.25) is 0 Å². The summed E-state index contributed by atoms with van der Waals surface area (Å²) in [4.78, 5) is 9.82. The minimum absolute atomic E-state index is 0.125. The van der Waals surface area contributed by atoms with Gasteiger partial charge in [-0.2, -0.15) is 13.2 Å². The van der Waals surface area contributed by atoms with Crippen molar-refractivity contribution in [1.82, 2.24) is 0 Å². The Morgan fingerprint density at radius 2 is 2.00 bits per heavy atom. The summed E-state index contributed by atoms with van der Waals surface area (Å²) in [5.41, 5.74) is -1.78. The molecule has 1 rings (SSSR count). The van der Waals surface area contributed by atoms with E-state index in [4.69, 9.17) is 9.47 Å². The minimum Gasteiger partial charge on any atom is -0.487 e. The van der Waals surface area contributed by atoms with E-state index in [0.717, 1.165) is 12.1 Å². The van der Waals surface area contributed by atoms with E-state index in [1.807, 2.05) is 0 Å². The highest BCUT2D eigenvalue weighted by molar-refractivity contribution is 5.49. The van der Waals surface area contributed by atoms with Crippen molar-refractivity contribution in [2.24, 2.45) is 0 Å². The second-order valence-electron chi connectivity index (χ2n) is 3.63. The predicted molar refractivity (Wildman–Crippen MR) is 60.1 cm³/mol. The van der Waals surface area contributed by atoms with E-state index < -0.39 is 22.4 Å². The van der Waals surface area contributed by atoms with Gasteiger partial charge in [-0.3, -0.25) is 10.1 Å². The van der Waals surface area contributed by atoms with Gasteiger partial charge < -0.3 is 9.47 Å². The lowest BCUT2D eigenvalue weighted by atomic mass is 10.2. The molecule has 0 aliphatic rings. The minimum atomic E-state index is -4.63. The largest absolute Gasteiger partial charge is 0.487 e. The summed E-state index contributed by atoms with van der Waals surface area (Å²) in [5, 5.41) is 10.7. The molecule has 106 valence electrons. The zero-order valence-corrected chi connectivity index (χ0v) is 10.1. The normalized spacial score (nSPS) is 11.4. The van der Waals surface area contributed by atoms with Gasteiger partial charge in [-0.05, 0) is 12.1 Å². The molecule has 0 fully saturated rings. The van der Waals surface area contributed by atoms with Crippen LogP contribution in [0.1, 0.15) is 12.0 Å². The number of halogens is 3. The Bertz CT molecular complexity index is 448. The van der Waals surface area contributed by atoms with Crippen LogP contribution in [-0.2, 0) is 10.9 Å². The number of hydrogen-bond donors (Lipinski definition) is 0. The number of nitrogens with zero attached hydrogens (tertiary/aromatic N) is 1. The van der Waals surface area contributed by atoms with E-state index in [0.29, 0.717) is 19.1 Å². The molecule has 0 aromatic heterocycles. The highest BCUT2D eigenvalue weighted by Crippen LogP contribution is 2.35. The molecule has 0 bridgehead atoms. The van der Waals surface area contributed by atoms with Crippen LogP contribution in [0.4, 0.5) is 18.9 Å². The van der Waals surface area contributed by atoms with Crippen LogP contribution in [-0.4, -0.2) is 25.2 Å². The average molecular weight is 279 g/mol. The number of ether oxygens (including phenoxy) is 2. The van der Waals surface area contributed by atoms with Gasteiger partial charge in [-0.1, -0.05) is 0 Å². The van der Waals surface area contributed by atoms with Crippen molar-refractivity contribution >= 4 is 5.69 Å². The molecule has 0 saturated heterocycles. The maximum atomic E-state index is 12.4. The molecule has 0 aliphatic carbocycles. The molecule has 0 unspecified atom stereocenters. The third kappa shape index (κ3) is 4.40. The third-order valence-corrected chi connectivity index (χ3v) is 2.23. The first-order valence-electron chi connectivity index (χ1n) is 5.33. The van der Waals surface area contributed by atoms with Crippen molar-refractivity contribution in [3.8, 4) is 5.75 Å². The molecule has 0 radical (unpaired) electrons. The van der Waals surface area contributed by atoms with Gasteiger partial charge in [0.15, 0.2) is 5.75 Å². The Balaban J connectivity index is 2.90. The Labute approximate surface area is 107 Å². The second kappa shape index (κ2) is 6.37. The molecule has 0 atom stereocenters. The summed E-state index contributed by atoms with van der Waals surface area (Å²) in [5.74, 6) is -0.186. The maximum absolute atomic E-state index is 12.4. The smallest absolute Gasteiger partial charge is 0.416 e. The average Bonchev–Trinajstić information content (AvgIpc) is 2.33. The van der Waals surface area contributed by atoms with Crippen LogP contribution >= 0.6 is 0 Å².